The van der Waals surface area contributed by atoms with Gasteiger partial charge in [0.2, 0.25) is 0 Å². The van der Waals surface area contributed by atoms with Crippen molar-refractivity contribution in [3.05, 3.63) is 26.6 Å². The average Bonchev–Trinajstić information content (AvgIpc) is 2.49. The van der Waals surface area contributed by atoms with Crippen LogP contribution in [0.1, 0.15) is 36.0 Å². The highest BCUT2D eigenvalue weighted by Crippen LogP contribution is 2.34. The highest BCUT2D eigenvalue weighted by Gasteiger charge is 2.27. The van der Waals surface area contributed by atoms with Crippen molar-refractivity contribution in [2.45, 2.75) is 37.8 Å². The summed E-state index contributed by atoms with van der Waals surface area (Å²) in [6.07, 6.45) is 4.58. The molecule has 1 aromatic carbocycles. The molecule has 4 nitrogen and oxygen atoms in total. The first-order chi connectivity index (χ1) is 10.1. The van der Waals surface area contributed by atoms with Crippen molar-refractivity contribution in [2.24, 2.45) is 0 Å². The smallest absolute Gasteiger partial charge is 0.340 e. The normalized spacial score (nSPS) is 21.9. The van der Waals surface area contributed by atoms with E-state index in [-0.39, 0.29) is 18.1 Å². The molecular formula is C15H19Br2NO3. The summed E-state index contributed by atoms with van der Waals surface area (Å²) in [7, 11) is 3.13. The third-order valence-electron chi connectivity index (χ3n) is 3.80. The molecule has 2 atom stereocenters. The summed E-state index contributed by atoms with van der Waals surface area (Å²) in [6.45, 7) is 0. The molecule has 0 saturated heterocycles. The minimum absolute atomic E-state index is 0.166. The lowest BCUT2D eigenvalue weighted by atomic mass is 9.92. The number of esters is 1. The minimum atomic E-state index is -0.357. The van der Waals surface area contributed by atoms with Crippen LogP contribution < -0.4 is 5.32 Å². The van der Waals surface area contributed by atoms with Gasteiger partial charge in [-0.1, -0.05) is 28.8 Å². The second-order valence-electron chi connectivity index (χ2n) is 5.11. The van der Waals surface area contributed by atoms with Gasteiger partial charge in [0, 0.05) is 16.1 Å². The third kappa shape index (κ3) is 3.99. The van der Waals surface area contributed by atoms with Crippen molar-refractivity contribution in [1.29, 1.82) is 0 Å². The molecule has 0 spiro atoms. The number of carbonyl (C=O) groups excluding carboxylic acids is 1. The second kappa shape index (κ2) is 7.61. The second-order valence-corrected chi connectivity index (χ2v) is 6.88. The van der Waals surface area contributed by atoms with E-state index >= 15 is 0 Å². The van der Waals surface area contributed by atoms with Gasteiger partial charge in [-0.25, -0.2) is 4.79 Å². The van der Waals surface area contributed by atoms with Crippen LogP contribution in [-0.2, 0) is 9.47 Å². The summed E-state index contributed by atoms with van der Waals surface area (Å²) in [5.74, 6) is -0.357. The largest absolute Gasteiger partial charge is 0.465 e. The van der Waals surface area contributed by atoms with Crippen LogP contribution in [0, 0.1) is 0 Å². The van der Waals surface area contributed by atoms with Crippen molar-refractivity contribution >= 4 is 43.5 Å². The molecule has 1 fully saturated rings. The fraction of sp³-hybridized carbons (Fsp3) is 0.533. The number of anilines is 1. The van der Waals surface area contributed by atoms with Crippen LogP contribution in [0.5, 0.6) is 0 Å². The minimum Gasteiger partial charge on any atom is -0.465 e. The van der Waals surface area contributed by atoms with Crippen LogP contribution in [0.3, 0.4) is 0 Å². The maximum Gasteiger partial charge on any atom is 0.340 e. The van der Waals surface area contributed by atoms with Crippen LogP contribution in [0.15, 0.2) is 21.1 Å². The number of benzene rings is 1. The fourth-order valence-electron chi connectivity index (χ4n) is 2.72. The van der Waals surface area contributed by atoms with Gasteiger partial charge in [0.15, 0.2) is 0 Å². The number of methoxy groups -OCH3 is 2. The fourth-order valence-corrected chi connectivity index (χ4v) is 4.06. The first-order valence-corrected chi connectivity index (χ1v) is 8.52. The molecule has 0 radical (unpaired) electrons. The van der Waals surface area contributed by atoms with Crippen LogP contribution in [0.25, 0.3) is 0 Å². The quantitative estimate of drug-likeness (QED) is 0.734. The SMILES string of the molecule is COC(=O)c1cc(Br)cc(Br)c1NC1CCCCC1OC. The molecule has 2 unspecified atom stereocenters. The van der Waals surface area contributed by atoms with E-state index in [9.17, 15) is 4.79 Å². The highest BCUT2D eigenvalue weighted by atomic mass is 79.9. The molecule has 2 rings (SSSR count). The van der Waals surface area contributed by atoms with Crippen molar-refractivity contribution in [3.8, 4) is 0 Å². The van der Waals surface area contributed by atoms with Gasteiger partial charge in [0.05, 0.1) is 30.5 Å². The monoisotopic (exact) mass is 419 g/mol. The van der Waals surface area contributed by atoms with E-state index < -0.39 is 0 Å². The van der Waals surface area contributed by atoms with E-state index in [1.54, 1.807) is 13.2 Å². The van der Waals surface area contributed by atoms with Gasteiger partial charge in [-0.15, -0.1) is 0 Å². The standard InChI is InChI=1S/C15H19Br2NO3/c1-20-13-6-4-3-5-12(13)18-14-10(15(19)21-2)7-9(16)8-11(14)17/h7-8,12-13,18H,3-6H2,1-2H3. The first kappa shape index (κ1) is 16.8. The van der Waals surface area contributed by atoms with Gasteiger partial charge in [-0.2, -0.15) is 0 Å². The number of nitrogens with one attached hydrogen (secondary N) is 1. The summed E-state index contributed by atoms with van der Waals surface area (Å²) in [5, 5.41) is 3.47. The highest BCUT2D eigenvalue weighted by molar-refractivity contribution is 9.11. The van der Waals surface area contributed by atoms with E-state index in [1.165, 1.54) is 20.0 Å². The maximum atomic E-state index is 12.0. The Morgan fingerprint density at radius 2 is 1.95 bits per heavy atom. The van der Waals surface area contributed by atoms with Crippen molar-refractivity contribution in [2.75, 3.05) is 19.5 Å². The summed E-state index contributed by atoms with van der Waals surface area (Å²) in [6, 6.07) is 3.88. The lowest BCUT2D eigenvalue weighted by Crippen LogP contribution is -2.38. The van der Waals surface area contributed by atoms with Crippen LogP contribution in [0.4, 0.5) is 5.69 Å². The Labute approximate surface area is 141 Å². The predicted octanol–water partition coefficient (Wildman–Crippen LogP) is 4.37. The molecule has 0 aromatic heterocycles. The number of carbonyl (C=O) groups is 1. The van der Waals surface area contributed by atoms with Crippen LogP contribution in [-0.4, -0.2) is 32.3 Å². The van der Waals surface area contributed by atoms with E-state index in [0.29, 0.717) is 5.56 Å². The maximum absolute atomic E-state index is 12.0. The number of hydrogen-bond acceptors (Lipinski definition) is 4. The van der Waals surface area contributed by atoms with Gasteiger partial charge in [-0.05, 0) is 40.9 Å². The molecule has 0 amide bonds. The number of halogens is 2. The summed E-state index contributed by atoms with van der Waals surface area (Å²) in [5.41, 5.74) is 1.28. The summed E-state index contributed by atoms with van der Waals surface area (Å²) < 4.78 is 12.1. The Morgan fingerprint density at radius 3 is 2.62 bits per heavy atom. The molecule has 0 heterocycles. The zero-order valence-corrected chi connectivity index (χ0v) is 15.3. The first-order valence-electron chi connectivity index (χ1n) is 6.93. The Hall–Kier alpha value is -0.590. The Balaban J connectivity index is 2.31. The molecule has 1 aliphatic carbocycles. The molecule has 1 N–H and O–H groups in total. The zero-order valence-electron chi connectivity index (χ0n) is 12.1. The topological polar surface area (TPSA) is 47.6 Å². The van der Waals surface area contributed by atoms with Crippen molar-refractivity contribution < 1.29 is 14.3 Å². The molecule has 0 aliphatic heterocycles. The van der Waals surface area contributed by atoms with Crippen LogP contribution >= 0.6 is 31.9 Å². The van der Waals surface area contributed by atoms with E-state index in [0.717, 1.165) is 27.5 Å². The van der Waals surface area contributed by atoms with Crippen LogP contribution in [0.2, 0.25) is 0 Å². The predicted molar refractivity (Wildman–Crippen MR) is 89.9 cm³/mol. The summed E-state index contributed by atoms with van der Waals surface area (Å²) >= 11 is 6.93. The molecule has 116 valence electrons. The third-order valence-corrected chi connectivity index (χ3v) is 4.88. The van der Waals surface area contributed by atoms with E-state index in [2.05, 4.69) is 37.2 Å². The van der Waals surface area contributed by atoms with Crippen molar-refractivity contribution in [1.82, 2.24) is 0 Å². The average molecular weight is 421 g/mol. The molecule has 0 bridgehead atoms. The number of hydrogen-bond donors (Lipinski definition) is 1. The summed E-state index contributed by atoms with van der Waals surface area (Å²) in [4.78, 5) is 12.0. The van der Waals surface area contributed by atoms with Gasteiger partial charge in [0.1, 0.15) is 0 Å². The molecule has 21 heavy (non-hydrogen) atoms. The molecule has 1 aromatic rings. The Kier molecular flexibility index (Phi) is 6.08. The molecule has 1 aliphatic rings. The van der Waals surface area contributed by atoms with Gasteiger partial charge in [0.25, 0.3) is 0 Å². The number of ether oxygens (including phenoxy) is 2. The van der Waals surface area contributed by atoms with E-state index in [1.807, 2.05) is 6.07 Å². The lowest BCUT2D eigenvalue weighted by molar-refractivity contribution is 0.0586. The van der Waals surface area contributed by atoms with Crippen molar-refractivity contribution in [3.63, 3.8) is 0 Å². The zero-order chi connectivity index (χ0) is 15.4. The lowest BCUT2D eigenvalue weighted by Gasteiger charge is -2.32. The molecule has 6 heteroatoms. The number of rotatable bonds is 4. The molecular weight excluding hydrogens is 402 g/mol. The van der Waals surface area contributed by atoms with E-state index in [4.69, 9.17) is 9.47 Å². The van der Waals surface area contributed by atoms with Gasteiger partial charge in [-0.3, -0.25) is 0 Å². The van der Waals surface area contributed by atoms with Gasteiger partial charge < -0.3 is 14.8 Å². The van der Waals surface area contributed by atoms with Gasteiger partial charge >= 0.3 is 5.97 Å². The molecule has 1 saturated carbocycles. The Morgan fingerprint density at radius 1 is 1.24 bits per heavy atom. The Bertz CT molecular complexity index is 522.